The van der Waals surface area contributed by atoms with Crippen molar-refractivity contribution in [1.82, 2.24) is 19.9 Å². The van der Waals surface area contributed by atoms with Gasteiger partial charge in [0, 0.05) is 6.20 Å². The normalized spacial score (nSPS) is 10.9. The van der Waals surface area contributed by atoms with E-state index < -0.39 is 0 Å². The Hall–Kier alpha value is -1.47. The Morgan fingerprint density at radius 1 is 1.47 bits per heavy atom. The number of thiophene rings is 1. The monoisotopic (exact) mass is 310 g/mol. The molecule has 3 aromatic heterocycles. The molecular weight excluding hydrogens is 304 g/mol. The molecular formula is C10H7BrN4OS. The van der Waals surface area contributed by atoms with Crippen molar-refractivity contribution in [1.29, 1.82) is 0 Å². The van der Waals surface area contributed by atoms with Crippen LogP contribution in [0.15, 0.2) is 38.9 Å². The van der Waals surface area contributed by atoms with Crippen LogP contribution in [-0.2, 0) is 6.54 Å². The maximum Gasteiger partial charge on any atom is 0.248 e. The van der Waals surface area contributed by atoms with E-state index in [-0.39, 0.29) is 0 Å². The Labute approximate surface area is 109 Å². The van der Waals surface area contributed by atoms with E-state index >= 15 is 0 Å². The summed E-state index contributed by atoms with van der Waals surface area (Å²) in [6.45, 7) is 0.476. The van der Waals surface area contributed by atoms with Crippen LogP contribution in [0, 0.1) is 0 Å². The molecule has 17 heavy (non-hydrogen) atoms. The Morgan fingerprint density at radius 3 is 3.12 bits per heavy atom. The number of nitrogens with zero attached hydrogens (tertiary/aromatic N) is 4. The first-order valence-electron chi connectivity index (χ1n) is 4.86. The van der Waals surface area contributed by atoms with Crippen molar-refractivity contribution in [2.24, 2.45) is 0 Å². The molecule has 0 bridgehead atoms. The predicted octanol–water partition coefficient (Wildman–Crippen LogP) is 2.81. The first kappa shape index (κ1) is 10.7. The minimum Gasteiger partial charge on any atom is -0.337 e. The summed E-state index contributed by atoms with van der Waals surface area (Å²) in [5, 5.41) is 10.0. The van der Waals surface area contributed by atoms with E-state index in [2.05, 4.69) is 31.2 Å². The largest absolute Gasteiger partial charge is 0.337 e. The molecule has 0 N–H and O–H groups in total. The molecule has 0 saturated carbocycles. The summed E-state index contributed by atoms with van der Waals surface area (Å²) in [6.07, 6.45) is 3.57. The Morgan fingerprint density at radius 2 is 2.41 bits per heavy atom. The summed E-state index contributed by atoms with van der Waals surface area (Å²) in [5.41, 5.74) is 0. The van der Waals surface area contributed by atoms with Gasteiger partial charge in [-0.15, -0.1) is 11.3 Å². The summed E-state index contributed by atoms with van der Waals surface area (Å²) in [6, 6.07) is 3.92. The minimum absolute atomic E-state index is 0.476. The molecule has 3 aromatic rings. The summed E-state index contributed by atoms with van der Waals surface area (Å²) in [4.78, 5) is 5.32. The molecule has 0 spiro atoms. The molecule has 3 rings (SSSR count). The fraction of sp³-hybridized carbons (Fsp3) is 0.100. The molecule has 0 aliphatic rings. The average Bonchev–Trinajstić information content (AvgIpc) is 3.00. The van der Waals surface area contributed by atoms with Gasteiger partial charge >= 0.3 is 0 Å². The van der Waals surface area contributed by atoms with Crippen LogP contribution in [0.5, 0.6) is 0 Å². The molecule has 0 aliphatic carbocycles. The van der Waals surface area contributed by atoms with Crippen molar-refractivity contribution < 1.29 is 4.52 Å². The average molecular weight is 311 g/mol. The van der Waals surface area contributed by atoms with Crippen molar-refractivity contribution in [2.45, 2.75) is 6.54 Å². The topological polar surface area (TPSA) is 56.7 Å². The molecule has 0 unspecified atom stereocenters. The lowest BCUT2D eigenvalue weighted by Crippen LogP contribution is -1.99. The fourth-order valence-corrected chi connectivity index (χ4v) is 2.37. The van der Waals surface area contributed by atoms with Crippen LogP contribution in [-0.4, -0.2) is 19.9 Å². The van der Waals surface area contributed by atoms with Gasteiger partial charge in [0.15, 0.2) is 0 Å². The molecule has 0 aliphatic heterocycles. The maximum atomic E-state index is 5.17. The van der Waals surface area contributed by atoms with E-state index in [1.54, 1.807) is 22.2 Å². The van der Waals surface area contributed by atoms with Crippen LogP contribution in [0.25, 0.3) is 10.7 Å². The zero-order valence-electron chi connectivity index (χ0n) is 8.58. The number of aromatic nitrogens is 4. The summed E-state index contributed by atoms with van der Waals surface area (Å²) in [5.74, 6) is 1.17. The van der Waals surface area contributed by atoms with E-state index in [1.807, 2.05) is 23.7 Å². The van der Waals surface area contributed by atoms with Gasteiger partial charge in [0.05, 0.1) is 15.5 Å². The number of hydrogen-bond acceptors (Lipinski definition) is 5. The van der Waals surface area contributed by atoms with E-state index in [0.29, 0.717) is 18.3 Å². The van der Waals surface area contributed by atoms with Gasteiger partial charge in [0.25, 0.3) is 0 Å². The highest BCUT2D eigenvalue weighted by Crippen LogP contribution is 2.21. The van der Waals surface area contributed by atoms with Gasteiger partial charge in [0.2, 0.25) is 11.7 Å². The first-order valence-corrected chi connectivity index (χ1v) is 6.53. The summed E-state index contributed by atoms with van der Waals surface area (Å²) < 4.78 is 7.83. The summed E-state index contributed by atoms with van der Waals surface area (Å²) in [7, 11) is 0. The van der Waals surface area contributed by atoms with E-state index in [1.165, 1.54) is 0 Å². The Bertz CT molecular complexity index is 616. The van der Waals surface area contributed by atoms with Gasteiger partial charge in [0.1, 0.15) is 6.54 Å². The minimum atomic E-state index is 0.476. The first-order chi connectivity index (χ1) is 8.31. The molecule has 0 fully saturated rings. The van der Waals surface area contributed by atoms with Crippen molar-refractivity contribution in [3.8, 4) is 10.7 Å². The molecule has 0 atom stereocenters. The zero-order valence-corrected chi connectivity index (χ0v) is 11.0. The zero-order chi connectivity index (χ0) is 11.7. The van der Waals surface area contributed by atoms with Crippen LogP contribution < -0.4 is 0 Å². The summed E-state index contributed by atoms with van der Waals surface area (Å²) >= 11 is 4.92. The smallest absolute Gasteiger partial charge is 0.248 e. The van der Waals surface area contributed by atoms with Crippen molar-refractivity contribution in [2.75, 3.05) is 0 Å². The molecule has 5 nitrogen and oxygen atoms in total. The van der Waals surface area contributed by atoms with Crippen molar-refractivity contribution >= 4 is 27.3 Å². The van der Waals surface area contributed by atoms with Gasteiger partial charge < -0.3 is 4.52 Å². The third kappa shape index (κ3) is 2.29. The molecule has 3 heterocycles. The van der Waals surface area contributed by atoms with Gasteiger partial charge in [-0.1, -0.05) is 11.2 Å². The molecule has 7 heteroatoms. The van der Waals surface area contributed by atoms with Crippen LogP contribution in [0.4, 0.5) is 0 Å². The van der Waals surface area contributed by atoms with Gasteiger partial charge in [-0.25, -0.2) is 0 Å². The second kappa shape index (κ2) is 4.42. The second-order valence-electron chi connectivity index (χ2n) is 3.35. The molecule has 86 valence electrons. The third-order valence-electron chi connectivity index (χ3n) is 2.11. The number of rotatable bonds is 3. The van der Waals surface area contributed by atoms with Gasteiger partial charge in [-0.05, 0) is 27.4 Å². The number of hydrogen-bond donors (Lipinski definition) is 0. The highest BCUT2D eigenvalue weighted by molar-refractivity contribution is 9.10. The van der Waals surface area contributed by atoms with Crippen LogP contribution in [0.3, 0.4) is 0 Å². The fourth-order valence-electron chi connectivity index (χ4n) is 1.39. The van der Waals surface area contributed by atoms with E-state index in [9.17, 15) is 0 Å². The van der Waals surface area contributed by atoms with Crippen LogP contribution >= 0.6 is 27.3 Å². The highest BCUT2D eigenvalue weighted by atomic mass is 79.9. The van der Waals surface area contributed by atoms with E-state index in [4.69, 9.17) is 4.52 Å². The lowest BCUT2D eigenvalue weighted by atomic mass is 10.4. The van der Waals surface area contributed by atoms with Crippen molar-refractivity contribution in [3.05, 3.63) is 40.3 Å². The number of halogens is 1. The molecule has 0 amide bonds. The SMILES string of the molecule is Brc1cnn(Cc2nc(-c3cccs3)no2)c1. The van der Waals surface area contributed by atoms with Gasteiger partial charge in [-0.2, -0.15) is 10.1 Å². The van der Waals surface area contributed by atoms with Crippen LogP contribution in [0.2, 0.25) is 0 Å². The third-order valence-corrected chi connectivity index (χ3v) is 3.38. The lowest BCUT2D eigenvalue weighted by molar-refractivity contribution is 0.366. The standard InChI is InChI=1S/C10H7BrN4OS/c11-7-4-12-15(5-7)6-9-13-10(14-16-9)8-2-1-3-17-8/h1-5H,6H2. The Kier molecular flexibility index (Phi) is 2.77. The second-order valence-corrected chi connectivity index (χ2v) is 5.21. The van der Waals surface area contributed by atoms with Crippen LogP contribution in [0.1, 0.15) is 5.89 Å². The van der Waals surface area contributed by atoms with E-state index in [0.717, 1.165) is 9.35 Å². The lowest BCUT2D eigenvalue weighted by Gasteiger charge is -1.93. The molecule has 0 radical (unpaired) electrons. The Balaban J connectivity index is 1.81. The maximum absolute atomic E-state index is 5.17. The highest BCUT2D eigenvalue weighted by Gasteiger charge is 2.10. The molecule has 0 aromatic carbocycles. The quantitative estimate of drug-likeness (QED) is 0.746. The molecule has 0 saturated heterocycles. The van der Waals surface area contributed by atoms with Gasteiger partial charge in [-0.3, -0.25) is 4.68 Å². The van der Waals surface area contributed by atoms with Crippen molar-refractivity contribution in [3.63, 3.8) is 0 Å². The predicted molar refractivity (Wildman–Crippen MR) is 66.6 cm³/mol.